The van der Waals surface area contributed by atoms with Crippen LogP contribution in [0.3, 0.4) is 0 Å². The zero-order chi connectivity index (χ0) is 15.1. The highest BCUT2D eigenvalue weighted by Gasteiger charge is 2.07. The third-order valence-electron chi connectivity index (χ3n) is 2.71. The van der Waals surface area contributed by atoms with Gasteiger partial charge in [-0.15, -0.1) is 0 Å². The van der Waals surface area contributed by atoms with Gasteiger partial charge in [-0.2, -0.15) is 5.10 Å². The highest BCUT2D eigenvalue weighted by atomic mass is 19.1. The fraction of sp³-hybridized carbons (Fsp3) is 0.200. The van der Waals surface area contributed by atoms with Crippen molar-refractivity contribution in [2.75, 3.05) is 11.9 Å². The number of aromatic nitrogens is 2. The second-order valence-electron chi connectivity index (χ2n) is 4.26. The van der Waals surface area contributed by atoms with Crippen LogP contribution in [-0.2, 0) is 11.3 Å². The van der Waals surface area contributed by atoms with E-state index < -0.39 is 5.82 Å². The first kappa shape index (κ1) is 14.8. The van der Waals surface area contributed by atoms with E-state index in [1.165, 1.54) is 18.2 Å². The van der Waals surface area contributed by atoms with Crippen molar-refractivity contribution < 1.29 is 9.18 Å². The Morgan fingerprint density at radius 2 is 2.33 bits per heavy atom. The maximum Gasteiger partial charge on any atom is 0.226 e. The summed E-state index contributed by atoms with van der Waals surface area (Å²) in [5.41, 5.74) is 6.19. The van der Waals surface area contributed by atoms with Crippen LogP contribution < -0.4 is 11.1 Å². The van der Waals surface area contributed by atoms with Crippen molar-refractivity contribution in [1.82, 2.24) is 9.78 Å². The number of aryl methyl sites for hydroxylation is 1. The molecule has 0 aliphatic rings. The van der Waals surface area contributed by atoms with Gasteiger partial charge in [0.1, 0.15) is 5.82 Å². The molecule has 0 atom stereocenters. The second-order valence-corrected chi connectivity index (χ2v) is 4.26. The summed E-state index contributed by atoms with van der Waals surface area (Å²) in [7, 11) is 0. The molecule has 0 aliphatic carbocycles. The lowest BCUT2D eigenvalue weighted by atomic mass is 10.1. The lowest BCUT2D eigenvalue weighted by molar-refractivity contribution is -0.116. The normalized spacial score (nSPS) is 9.81. The third kappa shape index (κ3) is 4.44. The molecule has 0 bridgehead atoms. The van der Waals surface area contributed by atoms with Gasteiger partial charge in [-0.1, -0.05) is 11.8 Å². The van der Waals surface area contributed by atoms with E-state index in [0.717, 1.165) is 0 Å². The van der Waals surface area contributed by atoms with E-state index in [1.54, 1.807) is 23.1 Å². The first-order chi connectivity index (χ1) is 10.2. The van der Waals surface area contributed by atoms with Crippen molar-refractivity contribution >= 4 is 11.6 Å². The number of hydrogen-bond acceptors (Lipinski definition) is 3. The average Bonchev–Trinajstić information content (AvgIpc) is 2.98. The number of carbonyl (C=O) groups excluding carboxylic acids is 1. The number of nitrogens with two attached hydrogens (primary N) is 1. The van der Waals surface area contributed by atoms with Crippen molar-refractivity contribution in [2.24, 2.45) is 5.73 Å². The quantitative estimate of drug-likeness (QED) is 0.834. The molecule has 0 unspecified atom stereocenters. The van der Waals surface area contributed by atoms with E-state index in [-0.39, 0.29) is 18.9 Å². The molecule has 0 saturated carbocycles. The van der Waals surface area contributed by atoms with Gasteiger partial charge in [0.25, 0.3) is 0 Å². The van der Waals surface area contributed by atoms with E-state index in [1.807, 2.05) is 0 Å². The largest absolute Gasteiger partial charge is 0.325 e. The Bertz CT molecular complexity index is 671. The molecular formula is C15H15FN4O. The molecule has 6 heteroatoms. The van der Waals surface area contributed by atoms with Gasteiger partial charge in [-0.05, 0) is 24.3 Å². The highest BCUT2D eigenvalue weighted by molar-refractivity contribution is 5.92. The Kier molecular flexibility index (Phi) is 5.07. The van der Waals surface area contributed by atoms with Crippen LogP contribution in [0.2, 0.25) is 0 Å². The number of rotatable bonds is 4. The first-order valence-corrected chi connectivity index (χ1v) is 6.45. The lowest BCUT2D eigenvalue weighted by Gasteiger charge is -2.08. The van der Waals surface area contributed by atoms with Crippen LogP contribution >= 0.6 is 0 Å². The van der Waals surface area contributed by atoms with E-state index in [9.17, 15) is 9.18 Å². The summed E-state index contributed by atoms with van der Waals surface area (Å²) in [4.78, 5) is 11.9. The number of anilines is 1. The molecule has 5 nitrogen and oxygen atoms in total. The van der Waals surface area contributed by atoms with Gasteiger partial charge in [0.2, 0.25) is 5.91 Å². The molecule has 2 rings (SSSR count). The van der Waals surface area contributed by atoms with Gasteiger partial charge in [-0.3, -0.25) is 9.48 Å². The van der Waals surface area contributed by atoms with Gasteiger partial charge in [-0.25, -0.2) is 4.39 Å². The van der Waals surface area contributed by atoms with E-state index in [2.05, 4.69) is 22.3 Å². The SMILES string of the molecule is NCC#Cc1cc(F)ccc1NC(=O)CCn1cccn1. The Morgan fingerprint density at radius 1 is 1.48 bits per heavy atom. The summed E-state index contributed by atoms with van der Waals surface area (Å²) in [5, 5.41) is 6.73. The summed E-state index contributed by atoms with van der Waals surface area (Å²) < 4.78 is 14.9. The molecule has 0 radical (unpaired) electrons. The summed E-state index contributed by atoms with van der Waals surface area (Å²) in [6.07, 6.45) is 3.70. The second kappa shape index (κ2) is 7.22. The predicted octanol–water partition coefficient (Wildman–Crippen LogP) is 1.36. The van der Waals surface area contributed by atoms with Gasteiger partial charge in [0, 0.05) is 25.4 Å². The van der Waals surface area contributed by atoms with Gasteiger partial charge in [0.15, 0.2) is 0 Å². The summed E-state index contributed by atoms with van der Waals surface area (Å²) in [6, 6.07) is 5.82. The minimum atomic E-state index is -0.411. The molecule has 1 amide bonds. The Morgan fingerprint density at radius 3 is 3.05 bits per heavy atom. The highest BCUT2D eigenvalue weighted by Crippen LogP contribution is 2.16. The standard InChI is InChI=1S/C15H15FN4O/c16-13-4-5-14(12(11-13)3-1-7-17)19-15(21)6-10-20-9-2-8-18-20/h2,4-5,8-9,11H,6-7,10,17H2,(H,19,21). The van der Waals surface area contributed by atoms with Gasteiger partial charge < -0.3 is 11.1 Å². The van der Waals surface area contributed by atoms with Crippen molar-refractivity contribution in [2.45, 2.75) is 13.0 Å². The minimum absolute atomic E-state index is 0.170. The summed E-state index contributed by atoms with van der Waals surface area (Å²) >= 11 is 0. The van der Waals surface area contributed by atoms with Crippen molar-refractivity contribution in [3.63, 3.8) is 0 Å². The molecule has 1 aromatic carbocycles. The fourth-order valence-corrected chi connectivity index (χ4v) is 1.74. The van der Waals surface area contributed by atoms with Crippen LogP contribution in [0.25, 0.3) is 0 Å². The van der Waals surface area contributed by atoms with E-state index in [4.69, 9.17) is 5.73 Å². The first-order valence-electron chi connectivity index (χ1n) is 6.45. The number of hydrogen-bond donors (Lipinski definition) is 2. The zero-order valence-electron chi connectivity index (χ0n) is 11.3. The summed E-state index contributed by atoms with van der Waals surface area (Å²) in [5.74, 6) is 4.79. The minimum Gasteiger partial charge on any atom is -0.325 e. The van der Waals surface area contributed by atoms with Crippen molar-refractivity contribution in [1.29, 1.82) is 0 Å². The molecule has 0 aliphatic heterocycles. The monoisotopic (exact) mass is 286 g/mol. The molecule has 0 fully saturated rings. The Labute approximate surface area is 122 Å². The van der Waals surface area contributed by atoms with E-state index in [0.29, 0.717) is 17.8 Å². The number of nitrogens with one attached hydrogen (secondary N) is 1. The molecule has 0 saturated heterocycles. The average molecular weight is 286 g/mol. The van der Waals surface area contributed by atoms with Crippen LogP contribution in [0.5, 0.6) is 0 Å². The Hall–Kier alpha value is -2.65. The summed E-state index contributed by atoms with van der Waals surface area (Å²) in [6.45, 7) is 0.646. The maximum absolute atomic E-state index is 13.2. The van der Waals surface area contributed by atoms with Crippen LogP contribution in [0.4, 0.5) is 10.1 Å². The number of carbonyl (C=O) groups is 1. The molecule has 21 heavy (non-hydrogen) atoms. The van der Waals surface area contributed by atoms with Crippen LogP contribution in [0.15, 0.2) is 36.7 Å². The lowest BCUT2D eigenvalue weighted by Crippen LogP contribution is -2.15. The molecule has 108 valence electrons. The van der Waals surface area contributed by atoms with Gasteiger partial charge in [0.05, 0.1) is 17.8 Å². The number of nitrogens with zero attached hydrogens (tertiary/aromatic N) is 2. The van der Waals surface area contributed by atoms with Crippen LogP contribution in [-0.4, -0.2) is 22.2 Å². The van der Waals surface area contributed by atoms with Gasteiger partial charge >= 0.3 is 0 Å². The molecular weight excluding hydrogens is 271 g/mol. The predicted molar refractivity (Wildman–Crippen MR) is 77.8 cm³/mol. The number of benzene rings is 1. The van der Waals surface area contributed by atoms with Crippen LogP contribution in [0.1, 0.15) is 12.0 Å². The number of halogens is 1. The third-order valence-corrected chi connectivity index (χ3v) is 2.71. The fourth-order valence-electron chi connectivity index (χ4n) is 1.74. The molecule has 0 spiro atoms. The molecule has 1 heterocycles. The van der Waals surface area contributed by atoms with Crippen molar-refractivity contribution in [3.05, 3.63) is 48.0 Å². The molecule has 3 N–H and O–H groups in total. The zero-order valence-corrected chi connectivity index (χ0v) is 11.3. The number of amides is 1. The molecule has 2 aromatic rings. The van der Waals surface area contributed by atoms with E-state index >= 15 is 0 Å². The topological polar surface area (TPSA) is 72.9 Å². The Balaban J connectivity index is 2.02. The maximum atomic E-state index is 13.2. The smallest absolute Gasteiger partial charge is 0.226 e. The van der Waals surface area contributed by atoms with Crippen molar-refractivity contribution in [3.8, 4) is 11.8 Å². The van der Waals surface area contributed by atoms with Crippen LogP contribution in [0, 0.1) is 17.7 Å². The molecule has 1 aromatic heterocycles.